The minimum absolute atomic E-state index is 0.564. The van der Waals surface area contributed by atoms with Crippen LogP contribution in [0.3, 0.4) is 0 Å². The van der Waals surface area contributed by atoms with Crippen molar-refractivity contribution in [2.45, 2.75) is 5.88 Å². The molecule has 1 heterocycles. The smallest absolute Gasteiger partial charge is 0.0568 e. The summed E-state index contributed by atoms with van der Waals surface area (Å²) in [6.07, 6.45) is 0. The van der Waals surface area contributed by atoms with Gasteiger partial charge in [0.15, 0.2) is 0 Å². The first-order valence-electron chi connectivity index (χ1n) is 3.64. The van der Waals surface area contributed by atoms with Crippen molar-refractivity contribution in [3.8, 4) is 0 Å². The lowest BCUT2D eigenvalue weighted by Gasteiger charge is -1.94. The summed E-state index contributed by atoms with van der Waals surface area (Å²) in [5.41, 5.74) is 0. The summed E-state index contributed by atoms with van der Waals surface area (Å²) in [6.45, 7) is 0. The lowest BCUT2D eigenvalue weighted by atomic mass is 10.2. The zero-order valence-corrected chi connectivity index (χ0v) is 10.4. The second-order valence-electron chi connectivity index (χ2n) is 2.65. The minimum Gasteiger partial charge on any atom is -0.139 e. The number of rotatable bonds is 1. The van der Waals surface area contributed by atoms with E-state index in [2.05, 4.69) is 22.0 Å². The van der Waals surface area contributed by atoms with Gasteiger partial charge in [0.25, 0.3) is 0 Å². The fraction of sp³-hybridized carbons (Fsp3) is 0.111. The van der Waals surface area contributed by atoms with Crippen LogP contribution in [0.4, 0.5) is 0 Å². The predicted octanol–water partition coefficient (Wildman–Crippen LogP) is 5.06. The van der Waals surface area contributed by atoms with Gasteiger partial charge >= 0.3 is 0 Å². The Kier molecular flexibility index (Phi) is 2.84. The van der Waals surface area contributed by atoms with E-state index in [0.717, 1.165) is 14.9 Å². The molecule has 1 aromatic heterocycles. The van der Waals surface area contributed by atoms with E-state index >= 15 is 0 Å². The molecule has 0 nitrogen and oxygen atoms in total. The zero-order valence-electron chi connectivity index (χ0n) is 6.48. The van der Waals surface area contributed by atoms with Crippen LogP contribution in [0.15, 0.2) is 22.7 Å². The Balaban J connectivity index is 2.70. The van der Waals surface area contributed by atoms with Gasteiger partial charge in [0.05, 0.1) is 10.9 Å². The van der Waals surface area contributed by atoms with Gasteiger partial charge in [-0.1, -0.05) is 11.6 Å². The largest absolute Gasteiger partial charge is 0.139 e. The Morgan fingerprint density at radius 2 is 2.08 bits per heavy atom. The van der Waals surface area contributed by atoms with Gasteiger partial charge in [-0.25, -0.2) is 0 Å². The fourth-order valence-corrected chi connectivity index (χ4v) is 3.00. The van der Waals surface area contributed by atoms with Gasteiger partial charge in [0.2, 0.25) is 0 Å². The highest BCUT2D eigenvalue weighted by Crippen LogP contribution is 2.33. The van der Waals surface area contributed by atoms with Crippen molar-refractivity contribution in [2.75, 3.05) is 0 Å². The van der Waals surface area contributed by atoms with E-state index in [0.29, 0.717) is 5.88 Å². The Labute approximate surface area is 98.6 Å². The number of benzene rings is 1. The van der Waals surface area contributed by atoms with Crippen molar-refractivity contribution in [1.82, 2.24) is 0 Å². The second-order valence-corrected chi connectivity index (χ2v) is 5.35. The molecule has 0 saturated carbocycles. The molecule has 0 spiro atoms. The van der Waals surface area contributed by atoms with Crippen molar-refractivity contribution in [1.29, 1.82) is 0 Å². The molecule has 0 aliphatic carbocycles. The van der Waals surface area contributed by atoms with Crippen molar-refractivity contribution in [2.24, 2.45) is 0 Å². The van der Waals surface area contributed by atoms with E-state index < -0.39 is 0 Å². The van der Waals surface area contributed by atoms with Gasteiger partial charge < -0.3 is 0 Å². The van der Waals surface area contributed by atoms with Gasteiger partial charge in [-0.15, -0.1) is 22.9 Å². The third kappa shape index (κ3) is 1.86. The molecule has 68 valence electrons. The molecule has 0 atom stereocenters. The van der Waals surface area contributed by atoms with E-state index in [9.17, 15) is 0 Å². The van der Waals surface area contributed by atoms with E-state index in [1.54, 1.807) is 11.3 Å². The molecule has 2 rings (SSSR count). The molecule has 0 aliphatic rings. The Morgan fingerprint density at radius 1 is 1.31 bits per heavy atom. The number of alkyl halides is 1. The minimum atomic E-state index is 0.564. The third-order valence-corrected chi connectivity index (χ3v) is 4.48. The average molecular weight is 296 g/mol. The summed E-state index contributed by atoms with van der Waals surface area (Å²) < 4.78 is 2.15. The van der Waals surface area contributed by atoms with Crippen molar-refractivity contribution in [3.63, 3.8) is 0 Å². The Bertz CT molecular complexity index is 411. The highest BCUT2D eigenvalue weighted by atomic mass is 79.9. The Morgan fingerprint density at radius 3 is 2.77 bits per heavy atom. The summed E-state index contributed by atoms with van der Waals surface area (Å²) in [4.78, 5) is 1.17. The molecular weight excluding hydrogens is 291 g/mol. The highest BCUT2D eigenvalue weighted by Gasteiger charge is 2.04. The van der Waals surface area contributed by atoms with E-state index in [1.165, 1.54) is 9.58 Å². The summed E-state index contributed by atoms with van der Waals surface area (Å²) in [5, 5.41) is 1.90. The van der Waals surface area contributed by atoms with Crippen molar-refractivity contribution in [3.05, 3.63) is 32.6 Å². The molecule has 0 bridgehead atoms. The normalized spacial score (nSPS) is 11.0. The molecule has 2 aromatic rings. The average Bonchev–Trinajstić information content (AvgIpc) is 2.48. The second kappa shape index (κ2) is 3.77. The van der Waals surface area contributed by atoms with Gasteiger partial charge in [-0.2, -0.15) is 0 Å². The lowest BCUT2D eigenvalue weighted by Crippen LogP contribution is -1.67. The van der Waals surface area contributed by atoms with Gasteiger partial charge in [-0.05, 0) is 39.5 Å². The molecule has 1 aromatic carbocycles. The maximum absolute atomic E-state index is 5.96. The van der Waals surface area contributed by atoms with Gasteiger partial charge in [-0.3, -0.25) is 0 Å². The number of fused-ring (bicyclic) bond motifs is 1. The monoisotopic (exact) mass is 294 g/mol. The van der Waals surface area contributed by atoms with Crippen LogP contribution in [-0.2, 0) is 5.88 Å². The van der Waals surface area contributed by atoms with Crippen molar-refractivity contribution >= 4 is 60.6 Å². The first-order valence-corrected chi connectivity index (χ1v) is 6.16. The van der Waals surface area contributed by atoms with Crippen LogP contribution in [0.1, 0.15) is 4.88 Å². The first kappa shape index (κ1) is 9.78. The highest BCUT2D eigenvalue weighted by molar-refractivity contribution is 9.10. The first-order chi connectivity index (χ1) is 6.20. The maximum atomic E-state index is 5.96. The molecule has 0 amide bonds. The van der Waals surface area contributed by atoms with Crippen LogP contribution in [0, 0.1) is 0 Å². The maximum Gasteiger partial charge on any atom is 0.0568 e. The molecule has 0 fully saturated rings. The van der Waals surface area contributed by atoms with E-state index in [4.69, 9.17) is 23.2 Å². The number of hydrogen-bond donors (Lipinski definition) is 0. The summed E-state index contributed by atoms with van der Waals surface area (Å²) in [7, 11) is 0. The third-order valence-electron chi connectivity index (χ3n) is 1.74. The van der Waals surface area contributed by atoms with Crippen LogP contribution in [0.25, 0.3) is 10.1 Å². The number of hydrogen-bond acceptors (Lipinski definition) is 1. The number of halogens is 3. The summed E-state index contributed by atoms with van der Waals surface area (Å²) in [5.74, 6) is 0.564. The molecule has 13 heavy (non-hydrogen) atoms. The zero-order chi connectivity index (χ0) is 9.42. The van der Waals surface area contributed by atoms with Crippen LogP contribution >= 0.6 is 50.5 Å². The van der Waals surface area contributed by atoms with Crippen LogP contribution < -0.4 is 0 Å². The number of thiophene rings is 1. The molecule has 4 heteroatoms. The Hall–Kier alpha value is 0.240. The summed E-state index contributed by atoms with van der Waals surface area (Å²) in [6, 6.07) is 6.05. The van der Waals surface area contributed by atoms with Crippen LogP contribution in [0.5, 0.6) is 0 Å². The van der Waals surface area contributed by atoms with Crippen LogP contribution in [0.2, 0.25) is 5.02 Å². The van der Waals surface area contributed by atoms with Gasteiger partial charge in [0.1, 0.15) is 0 Å². The van der Waals surface area contributed by atoms with E-state index in [-0.39, 0.29) is 0 Å². The van der Waals surface area contributed by atoms with E-state index in [1.807, 2.05) is 12.1 Å². The molecule has 0 saturated heterocycles. The predicted molar refractivity (Wildman–Crippen MR) is 64.1 cm³/mol. The molecular formula is C9H5BrCl2S. The molecule has 0 N–H and O–H groups in total. The molecule has 0 aliphatic heterocycles. The fourth-order valence-electron chi connectivity index (χ4n) is 1.16. The van der Waals surface area contributed by atoms with Crippen LogP contribution in [-0.4, -0.2) is 0 Å². The quantitative estimate of drug-likeness (QED) is 0.645. The SMILES string of the molecule is ClCc1cc2cc(Cl)c(Br)cc2s1. The lowest BCUT2D eigenvalue weighted by molar-refractivity contribution is 1.54. The van der Waals surface area contributed by atoms with Gasteiger partial charge in [0, 0.05) is 14.0 Å². The standard InChI is InChI=1S/C9H5BrCl2S/c10-7-3-9-5(2-8(7)12)1-6(4-11)13-9/h1-3H,4H2. The molecule has 0 radical (unpaired) electrons. The summed E-state index contributed by atoms with van der Waals surface area (Å²) >= 11 is 16.8. The van der Waals surface area contributed by atoms with Crippen molar-refractivity contribution < 1.29 is 0 Å². The topological polar surface area (TPSA) is 0 Å². The molecule has 0 unspecified atom stereocenters.